The van der Waals surface area contributed by atoms with Crippen LogP contribution in [0.2, 0.25) is 0 Å². The number of nitrogens with one attached hydrogen (secondary N) is 1. The minimum atomic E-state index is -0.0738. The summed E-state index contributed by atoms with van der Waals surface area (Å²) in [6.07, 6.45) is 0. The van der Waals surface area contributed by atoms with Crippen molar-refractivity contribution in [1.29, 1.82) is 0 Å². The molecule has 0 atom stereocenters. The number of nitrogens with zero attached hydrogens (tertiary/aromatic N) is 3. The molecule has 6 nitrogen and oxygen atoms in total. The Labute approximate surface area is 124 Å². The minimum Gasteiger partial charge on any atom is -0.384 e. The number of amides is 1. The molecule has 21 heavy (non-hydrogen) atoms. The molecule has 6 heteroatoms. The fraction of sp³-hybridized carbons (Fsp3) is 0.267. The molecule has 3 N–H and O–H groups in total. The monoisotopic (exact) mass is 285 g/mol. The zero-order valence-electron chi connectivity index (χ0n) is 12.2. The minimum absolute atomic E-state index is 0.0738. The number of anilines is 2. The van der Waals surface area contributed by atoms with Gasteiger partial charge in [-0.25, -0.2) is 9.97 Å². The molecule has 0 spiro atoms. The second-order valence-corrected chi connectivity index (χ2v) is 4.53. The molecule has 0 unspecified atom stereocenters. The fourth-order valence-electron chi connectivity index (χ4n) is 1.94. The van der Waals surface area contributed by atoms with Crippen molar-refractivity contribution in [3.05, 3.63) is 36.4 Å². The summed E-state index contributed by atoms with van der Waals surface area (Å²) < 4.78 is 0. The predicted octanol–water partition coefficient (Wildman–Crippen LogP) is 1.30. The second kappa shape index (κ2) is 6.69. The fourth-order valence-corrected chi connectivity index (χ4v) is 1.94. The van der Waals surface area contributed by atoms with E-state index in [4.69, 9.17) is 5.73 Å². The standard InChI is InChI=1S/C15H19N5O/c1-3-20(10-14(21)17-2)13-9-12(16)18-15(19-13)11-7-5-4-6-8-11/h4-9H,3,10H2,1-2H3,(H,17,21)(H2,16,18,19). The van der Waals surface area contributed by atoms with Crippen LogP contribution in [0.3, 0.4) is 0 Å². The molecule has 0 saturated heterocycles. The van der Waals surface area contributed by atoms with E-state index in [-0.39, 0.29) is 12.5 Å². The Kier molecular flexibility index (Phi) is 4.71. The molecule has 2 rings (SSSR count). The number of nitrogens with two attached hydrogens (primary N) is 1. The summed E-state index contributed by atoms with van der Waals surface area (Å²) in [6, 6.07) is 11.3. The highest BCUT2D eigenvalue weighted by Crippen LogP contribution is 2.20. The van der Waals surface area contributed by atoms with Crippen molar-refractivity contribution >= 4 is 17.5 Å². The van der Waals surface area contributed by atoms with Crippen LogP contribution < -0.4 is 16.0 Å². The molecule has 0 aliphatic heterocycles. The summed E-state index contributed by atoms with van der Waals surface area (Å²) in [5.74, 6) is 1.51. The highest BCUT2D eigenvalue weighted by Gasteiger charge is 2.13. The van der Waals surface area contributed by atoms with E-state index in [1.807, 2.05) is 42.2 Å². The van der Waals surface area contributed by atoms with Gasteiger partial charge < -0.3 is 16.0 Å². The Hall–Kier alpha value is -2.63. The van der Waals surface area contributed by atoms with Gasteiger partial charge in [-0.1, -0.05) is 30.3 Å². The summed E-state index contributed by atoms with van der Waals surface area (Å²) in [4.78, 5) is 22.2. The van der Waals surface area contributed by atoms with Crippen molar-refractivity contribution < 1.29 is 4.79 Å². The molecule has 0 aliphatic rings. The van der Waals surface area contributed by atoms with Crippen LogP contribution in [0, 0.1) is 0 Å². The van der Waals surface area contributed by atoms with Gasteiger partial charge in [0, 0.05) is 25.2 Å². The first-order valence-corrected chi connectivity index (χ1v) is 6.79. The molecule has 1 amide bonds. The van der Waals surface area contributed by atoms with Crippen molar-refractivity contribution in [2.75, 3.05) is 30.8 Å². The van der Waals surface area contributed by atoms with Crippen LogP contribution in [-0.2, 0) is 4.79 Å². The van der Waals surface area contributed by atoms with Gasteiger partial charge in [0.1, 0.15) is 11.6 Å². The number of nitrogen functional groups attached to an aromatic ring is 1. The van der Waals surface area contributed by atoms with E-state index in [0.29, 0.717) is 24.0 Å². The number of hydrogen-bond acceptors (Lipinski definition) is 5. The molecule has 1 heterocycles. The van der Waals surface area contributed by atoms with Crippen LogP contribution in [0.1, 0.15) is 6.92 Å². The third kappa shape index (κ3) is 3.68. The normalized spacial score (nSPS) is 10.2. The average Bonchev–Trinajstić information content (AvgIpc) is 2.52. The van der Waals surface area contributed by atoms with Crippen molar-refractivity contribution in [2.24, 2.45) is 0 Å². The van der Waals surface area contributed by atoms with E-state index in [0.717, 1.165) is 5.56 Å². The molecule has 0 aliphatic carbocycles. The van der Waals surface area contributed by atoms with Gasteiger partial charge in [0.15, 0.2) is 5.82 Å². The van der Waals surface area contributed by atoms with E-state index in [1.54, 1.807) is 13.1 Å². The van der Waals surface area contributed by atoms with Crippen LogP contribution in [0.15, 0.2) is 36.4 Å². The number of rotatable bonds is 5. The highest BCUT2D eigenvalue weighted by molar-refractivity contribution is 5.81. The Morgan fingerprint density at radius 2 is 2.00 bits per heavy atom. The topological polar surface area (TPSA) is 84.1 Å². The smallest absolute Gasteiger partial charge is 0.239 e. The molecule has 1 aromatic carbocycles. The number of benzene rings is 1. The van der Waals surface area contributed by atoms with Crippen LogP contribution in [0.4, 0.5) is 11.6 Å². The Balaban J connectivity index is 2.36. The number of hydrogen-bond donors (Lipinski definition) is 2. The number of likely N-dealkylation sites (N-methyl/N-ethyl adjacent to an activating group) is 2. The summed E-state index contributed by atoms with van der Waals surface area (Å²) in [5, 5.41) is 2.61. The van der Waals surface area contributed by atoms with Gasteiger partial charge >= 0.3 is 0 Å². The lowest BCUT2D eigenvalue weighted by molar-refractivity contribution is -0.119. The van der Waals surface area contributed by atoms with Crippen molar-refractivity contribution in [2.45, 2.75) is 6.92 Å². The zero-order chi connectivity index (χ0) is 15.2. The van der Waals surface area contributed by atoms with Gasteiger partial charge in [-0.2, -0.15) is 0 Å². The summed E-state index contributed by atoms with van der Waals surface area (Å²) >= 11 is 0. The Bertz CT molecular complexity index is 615. The first-order valence-electron chi connectivity index (χ1n) is 6.79. The van der Waals surface area contributed by atoms with Crippen LogP contribution in [-0.4, -0.2) is 36.0 Å². The quantitative estimate of drug-likeness (QED) is 0.865. The molecule has 0 radical (unpaired) electrons. The maximum atomic E-state index is 11.6. The van der Waals surface area contributed by atoms with E-state index >= 15 is 0 Å². The second-order valence-electron chi connectivity index (χ2n) is 4.53. The number of carbonyl (C=O) groups is 1. The zero-order valence-corrected chi connectivity index (χ0v) is 12.2. The Morgan fingerprint density at radius 3 is 2.62 bits per heavy atom. The lowest BCUT2D eigenvalue weighted by Gasteiger charge is -2.21. The third-order valence-corrected chi connectivity index (χ3v) is 3.08. The maximum Gasteiger partial charge on any atom is 0.239 e. The van der Waals surface area contributed by atoms with E-state index in [1.165, 1.54) is 0 Å². The van der Waals surface area contributed by atoms with Crippen LogP contribution in [0.5, 0.6) is 0 Å². The largest absolute Gasteiger partial charge is 0.384 e. The van der Waals surface area contributed by atoms with Gasteiger partial charge in [0.25, 0.3) is 0 Å². The molecule has 0 saturated carbocycles. The van der Waals surface area contributed by atoms with Gasteiger partial charge in [-0.05, 0) is 6.92 Å². The SMILES string of the molecule is CCN(CC(=O)NC)c1cc(N)nc(-c2ccccc2)n1. The molecule has 0 bridgehead atoms. The Morgan fingerprint density at radius 1 is 1.29 bits per heavy atom. The molecular weight excluding hydrogens is 266 g/mol. The maximum absolute atomic E-state index is 11.6. The molecule has 2 aromatic rings. The first-order chi connectivity index (χ1) is 10.1. The van der Waals surface area contributed by atoms with Crippen molar-refractivity contribution in [3.63, 3.8) is 0 Å². The van der Waals surface area contributed by atoms with Crippen molar-refractivity contribution in [1.82, 2.24) is 15.3 Å². The first kappa shape index (κ1) is 14.8. The summed E-state index contributed by atoms with van der Waals surface area (Å²) in [5.41, 5.74) is 6.77. The third-order valence-electron chi connectivity index (χ3n) is 3.08. The number of aromatic nitrogens is 2. The molecule has 110 valence electrons. The average molecular weight is 285 g/mol. The number of carbonyl (C=O) groups excluding carboxylic acids is 1. The lowest BCUT2D eigenvalue weighted by Crippen LogP contribution is -2.36. The van der Waals surface area contributed by atoms with E-state index < -0.39 is 0 Å². The predicted molar refractivity (Wildman–Crippen MR) is 83.8 cm³/mol. The summed E-state index contributed by atoms with van der Waals surface area (Å²) in [6.45, 7) is 2.85. The van der Waals surface area contributed by atoms with Gasteiger partial charge in [0.05, 0.1) is 6.54 Å². The molecule has 1 aromatic heterocycles. The van der Waals surface area contributed by atoms with Crippen molar-refractivity contribution in [3.8, 4) is 11.4 Å². The summed E-state index contributed by atoms with van der Waals surface area (Å²) in [7, 11) is 1.61. The van der Waals surface area contributed by atoms with Crippen LogP contribution in [0.25, 0.3) is 11.4 Å². The van der Waals surface area contributed by atoms with Gasteiger partial charge in [-0.3, -0.25) is 4.79 Å². The van der Waals surface area contributed by atoms with E-state index in [2.05, 4.69) is 15.3 Å². The van der Waals surface area contributed by atoms with E-state index in [9.17, 15) is 4.79 Å². The van der Waals surface area contributed by atoms with Crippen LogP contribution >= 0.6 is 0 Å². The molecule has 0 fully saturated rings. The van der Waals surface area contributed by atoms with Gasteiger partial charge in [0.2, 0.25) is 5.91 Å². The van der Waals surface area contributed by atoms with Gasteiger partial charge in [-0.15, -0.1) is 0 Å². The molecular formula is C15H19N5O. The lowest BCUT2D eigenvalue weighted by atomic mass is 10.2. The highest BCUT2D eigenvalue weighted by atomic mass is 16.1.